The van der Waals surface area contributed by atoms with Crippen molar-refractivity contribution in [3.05, 3.63) is 129 Å². The van der Waals surface area contributed by atoms with Crippen LogP contribution in [0.1, 0.15) is 18.1 Å². The number of likely N-dealkylation sites (N-methyl/N-ethyl adjacent to an activating group) is 1. The highest BCUT2D eigenvalue weighted by Gasteiger charge is 2.34. The van der Waals surface area contributed by atoms with Crippen molar-refractivity contribution in [1.29, 1.82) is 0 Å². The van der Waals surface area contributed by atoms with Crippen LogP contribution in [0.5, 0.6) is 0 Å². The highest BCUT2D eigenvalue weighted by molar-refractivity contribution is 7.92. The Morgan fingerprint density at radius 3 is 2.02 bits per heavy atom. The molecule has 0 saturated heterocycles. The number of halogens is 3. The van der Waals surface area contributed by atoms with E-state index >= 15 is 0 Å². The molecule has 4 aromatic carbocycles. The molecule has 0 saturated carbocycles. The van der Waals surface area contributed by atoms with Gasteiger partial charge in [-0.25, -0.2) is 8.42 Å². The maximum absolute atomic E-state index is 14.3. The predicted octanol–water partition coefficient (Wildman–Crippen LogP) is 6.62. The molecule has 43 heavy (non-hydrogen) atoms. The first-order valence-electron chi connectivity index (χ1n) is 13.5. The highest BCUT2D eigenvalue weighted by Crippen LogP contribution is 2.28. The van der Waals surface area contributed by atoms with Gasteiger partial charge >= 0.3 is 0 Å². The van der Waals surface area contributed by atoms with E-state index in [2.05, 4.69) is 5.32 Å². The maximum Gasteiger partial charge on any atom is 0.264 e. The number of nitrogens with one attached hydrogen (secondary N) is 1. The predicted molar refractivity (Wildman–Crippen MR) is 172 cm³/mol. The van der Waals surface area contributed by atoms with Gasteiger partial charge in [0.15, 0.2) is 0 Å². The molecule has 4 aromatic rings. The minimum absolute atomic E-state index is 0.0123. The Hall–Kier alpha value is -3.56. The van der Waals surface area contributed by atoms with Crippen molar-refractivity contribution < 1.29 is 18.0 Å². The quantitative estimate of drug-likeness (QED) is 0.185. The first-order chi connectivity index (χ1) is 20.6. The molecule has 0 aliphatic rings. The number of hydrogen-bond acceptors (Lipinski definition) is 4. The number of nitrogens with zero attached hydrogens (tertiary/aromatic N) is 2. The third kappa shape index (κ3) is 8.51. The Morgan fingerprint density at radius 2 is 1.40 bits per heavy atom. The van der Waals surface area contributed by atoms with E-state index in [0.29, 0.717) is 27.2 Å². The minimum Gasteiger partial charge on any atom is -0.355 e. The molecule has 1 unspecified atom stereocenters. The normalized spacial score (nSPS) is 11.9. The topological polar surface area (TPSA) is 86.8 Å². The van der Waals surface area contributed by atoms with Gasteiger partial charge in [-0.15, -0.1) is 0 Å². The Kier molecular flexibility index (Phi) is 11.1. The molecule has 0 radical (unpaired) electrons. The van der Waals surface area contributed by atoms with E-state index in [-0.39, 0.29) is 29.5 Å². The lowest BCUT2D eigenvalue weighted by Gasteiger charge is -2.34. The van der Waals surface area contributed by atoms with Crippen molar-refractivity contribution in [2.75, 3.05) is 17.4 Å². The second-order valence-electron chi connectivity index (χ2n) is 9.70. The molecular weight excluding hydrogens is 629 g/mol. The molecule has 0 spiro atoms. The number of hydrogen-bond donors (Lipinski definition) is 1. The summed E-state index contributed by atoms with van der Waals surface area (Å²) in [5.74, 6) is -0.957. The van der Waals surface area contributed by atoms with Crippen LogP contribution >= 0.6 is 34.8 Å². The third-order valence-electron chi connectivity index (χ3n) is 6.64. The van der Waals surface area contributed by atoms with E-state index in [0.717, 1.165) is 9.87 Å². The average Bonchev–Trinajstić information content (AvgIpc) is 2.98. The van der Waals surface area contributed by atoms with Crippen molar-refractivity contribution in [2.24, 2.45) is 0 Å². The fourth-order valence-electron chi connectivity index (χ4n) is 4.57. The van der Waals surface area contributed by atoms with Gasteiger partial charge < -0.3 is 10.2 Å². The second kappa shape index (κ2) is 14.8. The summed E-state index contributed by atoms with van der Waals surface area (Å²) < 4.78 is 29.0. The van der Waals surface area contributed by atoms with Crippen molar-refractivity contribution in [3.63, 3.8) is 0 Å². The molecule has 2 amide bonds. The van der Waals surface area contributed by atoms with Crippen LogP contribution in [0.2, 0.25) is 15.1 Å². The first kappa shape index (κ1) is 32.4. The van der Waals surface area contributed by atoms with E-state index in [1.807, 2.05) is 30.3 Å². The van der Waals surface area contributed by atoms with Crippen molar-refractivity contribution in [1.82, 2.24) is 10.2 Å². The minimum atomic E-state index is -4.26. The third-order valence-corrected chi connectivity index (χ3v) is 9.15. The summed E-state index contributed by atoms with van der Waals surface area (Å²) in [6, 6.07) is 27.2. The van der Waals surface area contributed by atoms with Crippen LogP contribution in [0, 0.1) is 0 Å². The van der Waals surface area contributed by atoms with Crippen LogP contribution in [0.3, 0.4) is 0 Å². The Bertz CT molecular complexity index is 1670. The molecule has 0 heterocycles. The molecule has 0 aromatic heterocycles. The van der Waals surface area contributed by atoms with Gasteiger partial charge in [-0.05, 0) is 72.6 Å². The van der Waals surface area contributed by atoms with Crippen LogP contribution in [0.25, 0.3) is 0 Å². The van der Waals surface area contributed by atoms with Gasteiger partial charge in [0, 0.05) is 34.6 Å². The van der Waals surface area contributed by atoms with Gasteiger partial charge in [0.1, 0.15) is 12.6 Å². The van der Waals surface area contributed by atoms with Gasteiger partial charge in [-0.2, -0.15) is 0 Å². The maximum atomic E-state index is 14.3. The lowest BCUT2D eigenvalue weighted by atomic mass is 10.0. The first-order valence-corrected chi connectivity index (χ1v) is 16.1. The number of amides is 2. The summed E-state index contributed by atoms with van der Waals surface area (Å²) in [5.41, 5.74) is 1.71. The number of sulfonamides is 1. The fraction of sp³-hybridized carbons (Fsp3) is 0.188. The van der Waals surface area contributed by atoms with Gasteiger partial charge in [-0.1, -0.05) is 83.3 Å². The highest BCUT2D eigenvalue weighted by atomic mass is 35.5. The molecule has 1 atom stereocenters. The molecule has 11 heteroatoms. The van der Waals surface area contributed by atoms with Gasteiger partial charge in [-0.3, -0.25) is 13.9 Å². The Balaban J connectivity index is 1.80. The van der Waals surface area contributed by atoms with Gasteiger partial charge in [0.2, 0.25) is 11.8 Å². The summed E-state index contributed by atoms with van der Waals surface area (Å²) in [5, 5.41) is 3.95. The van der Waals surface area contributed by atoms with E-state index in [4.69, 9.17) is 34.8 Å². The van der Waals surface area contributed by atoms with Gasteiger partial charge in [0.25, 0.3) is 10.0 Å². The molecule has 0 aliphatic carbocycles. The number of benzene rings is 4. The van der Waals surface area contributed by atoms with Crippen LogP contribution in [-0.2, 0) is 32.6 Å². The van der Waals surface area contributed by atoms with E-state index < -0.39 is 28.5 Å². The molecule has 1 N–H and O–H groups in total. The summed E-state index contributed by atoms with van der Waals surface area (Å²) in [6.07, 6.45) is 0.208. The SMILES string of the molecule is CCNC(=O)C(Cc1ccccc1)N(Cc1cccc(Cl)c1)C(=O)CN(c1cccc(Cl)c1)S(=O)(=O)c1ccc(Cl)cc1. The van der Waals surface area contributed by atoms with E-state index in [1.165, 1.54) is 35.2 Å². The molecule has 0 bridgehead atoms. The lowest BCUT2D eigenvalue weighted by molar-refractivity contribution is -0.140. The smallest absolute Gasteiger partial charge is 0.264 e. The number of carbonyl (C=O) groups excluding carboxylic acids is 2. The van der Waals surface area contributed by atoms with Gasteiger partial charge in [0.05, 0.1) is 10.6 Å². The van der Waals surface area contributed by atoms with Crippen LogP contribution in [0.15, 0.2) is 108 Å². The second-order valence-corrected chi connectivity index (χ2v) is 12.9. The number of carbonyl (C=O) groups is 2. The summed E-state index contributed by atoms with van der Waals surface area (Å²) in [4.78, 5) is 29.2. The summed E-state index contributed by atoms with van der Waals surface area (Å²) in [6.45, 7) is 1.55. The number of rotatable bonds is 12. The molecular formula is C32H30Cl3N3O4S. The average molecular weight is 659 g/mol. The Morgan fingerprint density at radius 1 is 0.767 bits per heavy atom. The zero-order chi connectivity index (χ0) is 31.0. The van der Waals surface area contributed by atoms with Crippen LogP contribution < -0.4 is 9.62 Å². The molecule has 4 rings (SSSR count). The standard InChI is InChI=1S/C32H30Cl3N3O4S/c1-2-36-32(40)30(19-23-8-4-3-5-9-23)37(21-24-10-6-11-26(34)18-24)31(39)22-38(28-13-7-12-27(35)20-28)43(41,42)29-16-14-25(33)15-17-29/h3-18,20,30H,2,19,21-22H2,1H3,(H,36,40). The Labute approximate surface area is 267 Å². The zero-order valence-electron chi connectivity index (χ0n) is 23.3. The molecule has 7 nitrogen and oxygen atoms in total. The molecule has 224 valence electrons. The summed E-state index contributed by atoms with van der Waals surface area (Å²) in [7, 11) is -4.26. The molecule has 0 fully saturated rings. The zero-order valence-corrected chi connectivity index (χ0v) is 26.4. The van der Waals surface area contributed by atoms with Crippen molar-refractivity contribution >= 4 is 62.3 Å². The molecule has 0 aliphatic heterocycles. The van der Waals surface area contributed by atoms with Crippen LogP contribution in [0.4, 0.5) is 5.69 Å². The van der Waals surface area contributed by atoms with E-state index in [9.17, 15) is 18.0 Å². The van der Waals surface area contributed by atoms with Crippen molar-refractivity contribution in [3.8, 4) is 0 Å². The lowest BCUT2D eigenvalue weighted by Crippen LogP contribution is -2.53. The monoisotopic (exact) mass is 657 g/mol. The fourth-order valence-corrected chi connectivity index (χ4v) is 6.50. The number of anilines is 1. The largest absolute Gasteiger partial charge is 0.355 e. The van der Waals surface area contributed by atoms with Crippen molar-refractivity contribution in [2.45, 2.75) is 30.8 Å². The van der Waals surface area contributed by atoms with E-state index in [1.54, 1.807) is 49.4 Å². The summed E-state index contributed by atoms with van der Waals surface area (Å²) >= 11 is 18.5. The van der Waals surface area contributed by atoms with Crippen LogP contribution in [-0.4, -0.2) is 44.3 Å².